The van der Waals surface area contributed by atoms with E-state index in [0.717, 1.165) is 21.2 Å². The van der Waals surface area contributed by atoms with Gasteiger partial charge in [-0.05, 0) is 42.3 Å². The molecule has 1 aliphatic rings. The van der Waals surface area contributed by atoms with Crippen LogP contribution >= 0.6 is 15.9 Å². The molecule has 3 rings (SSSR count). The molecule has 0 bridgehead atoms. The van der Waals surface area contributed by atoms with Crippen LogP contribution in [0.5, 0.6) is 11.5 Å². The van der Waals surface area contributed by atoms with Crippen LogP contribution < -0.4 is 9.47 Å². The number of hydrogen-bond donors (Lipinski definition) is 0. The number of rotatable bonds is 4. The molecule has 0 radical (unpaired) electrons. The molecule has 0 saturated carbocycles. The summed E-state index contributed by atoms with van der Waals surface area (Å²) in [5.41, 5.74) is 2.75. The van der Waals surface area contributed by atoms with Gasteiger partial charge in [0.05, 0.1) is 14.2 Å². The van der Waals surface area contributed by atoms with Gasteiger partial charge in [-0.25, -0.2) is 9.79 Å². The second kappa shape index (κ2) is 7.11. The second-order valence-electron chi connectivity index (χ2n) is 5.38. The number of carbonyl (C=O) groups excluding carboxylic acids is 1. The molecule has 2 aromatic carbocycles. The van der Waals surface area contributed by atoms with Crippen LogP contribution in [0.1, 0.15) is 16.7 Å². The maximum Gasteiger partial charge on any atom is 0.363 e. The van der Waals surface area contributed by atoms with Crippen molar-refractivity contribution < 1.29 is 19.0 Å². The Morgan fingerprint density at radius 2 is 1.80 bits per heavy atom. The zero-order valence-electron chi connectivity index (χ0n) is 14.0. The van der Waals surface area contributed by atoms with E-state index in [9.17, 15) is 4.79 Å². The van der Waals surface area contributed by atoms with E-state index >= 15 is 0 Å². The molecule has 0 unspecified atom stereocenters. The Hall–Kier alpha value is -2.60. The van der Waals surface area contributed by atoms with Crippen LogP contribution in [0, 0.1) is 6.92 Å². The first-order chi connectivity index (χ1) is 12.0. The molecule has 1 aliphatic heterocycles. The number of carbonyl (C=O) groups is 1. The van der Waals surface area contributed by atoms with E-state index in [2.05, 4.69) is 20.9 Å². The lowest BCUT2D eigenvalue weighted by Gasteiger charge is -2.09. The highest BCUT2D eigenvalue weighted by atomic mass is 79.9. The lowest BCUT2D eigenvalue weighted by atomic mass is 10.1. The summed E-state index contributed by atoms with van der Waals surface area (Å²) in [6.07, 6.45) is 1.65. The number of methoxy groups -OCH3 is 2. The third-order valence-electron chi connectivity index (χ3n) is 3.79. The van der Waals surface area contributed by atoms with Gasteiger partial charge in [0.2, 0.25) is 5.90 Å². The smallest absolute Gasteiger partial charge is 0.363 e. The predicted octanol–water partition coefficient (Wildman–Crippen LogP) is 4.12. The van der Waals surface area contributed by atoms with Crippen molar-refractivity contribution in [3.05, 3.63) is 63.3 Å². The molecule has 2 aromatic rings. The minimum Gasteiger partial charge on any atom is -0.493 e. The molecule has 6 heteroatoms. The van der Waals surface area contributed by atoms with Crippen LogP contribution in [0.4, 0.5) is 0 Å². The van der Waals surface area contributed by atoms with Crippen molar-refractivity contribution in [2.24, 2.45) is 4.99 Å². The number of nitrogens with zero attached hydrogens (tertiary/aromatic N) is 1. The number of cyclic esters (lactones) is 1. The first-order valence-corrected chi connectivity index (χ1v) is 8.33. The number of benzene rings is 2. The molecule has 0 aliphatic carbocycles. The van der Waals surface area contributed by atoms with E-state index in [4.69, 9.17) is 14.2 Å². The standard InChI is InChI=1S/C19H16BrNO4/c1-11-6-4-5-7-13(11)18-21-15(19(22)25-18)8-12-9-16(23-2)17(24-3)10-14(12)20/h4-10H,1-3H3/b15-8-. The lowest BCUT2D eigenvalue weighted by Crippen LogP contribution is -2.06. The molecule has 128 valence electrons. The van der Waals surface area contributed by atoms with Crippen LogP contribution in [0.15, 0.2) is 51.6 Å². The van der Waals surface area contributed by atoms with Crippen molar-refractivity contribution in [2.75, 3.05) is 14.2 Å². The highest BCUT2D eigenvalue weighted by molar-refractivity contribution is 9.10. The number of hydrogen-bond acceptors (Lipinski definition) is 5. The third-order valence-corrected chi connectivity index (χ3v) is 4.48. The van der Waals surface area contributed by atoms with E-state index in [1.807, 2.05) is 31.2 Å². The van der Waals surface area contributed by atoms with E-state index in [1.165, 1.54) is 0 Å². The zero-order chi connectivity index (χ0) is 18.0. The van der Waals surface area contributed by atoms with Crippen LogP contribution in [0.3, 0.4) is 0 Å². The SMILES string of the molecule is COc1cc(Br)c(/C=C2\N=C(c3ccccc3C)OC2=O)cc1OC. The molecule has 1 heterocycles. The normalized spacial score (nSPS) is 15.1. The molecule has 0 N–H and O–H groups in total. The largest absolute Gasteiger partial charge is 0.493 e. The summed E-state index contributed by atoms with van der Waals surface area (Å²) in [4.78, 5) is 16.5. The zero-order valence-corrected chi connectivity index (χ0v) is 15.6. The van der Waals surface area contributed by atoms with Crippen LogP contribution in [-0.2, 0) is 9.53 Å². The average molecular weight is 402 g/mol. The van der Waals surface area contributed by atoms with Crippen molar-refractivity contribution in [3.63, 3.8) is 0 Å². The summed E-state index contributed by atoms with van der Waals surface area (Å²) >= 11 is 3.47. The van der Waals surface area contributed by atoms with Crippen molar-refractivity contribution in [1.29, 1.82) is 0 Å². The molecular weight excluding hydrogens is 386 g/mol. The Labute approximate surface area is 154 Å². The Bertz CT molecular complexity index is 902. The maximum atomic E-state index is 12.2. The highest BCUT2D eigenvalue weighted by Gasteiger charge is 2.25. The molecule has 0 spiro atoms. The number of esters is 1. The Morgan fingerprint density at radius 1 is 1.12 bits per heavy atom. The van der Waals surface area contributed by atoms with E-state index in [-0.39, 0.29) is 5.70 Å². The van der Waals surface area contributed by atoms with Gasteiger partial charge in [0.25, 0.3) is 0 Å². The third kappa shape index (κ3) is 3.44. The summed E-state index contributed by atoms with van der Waals surface area (Å²) in [6, 6.07) is 11.2. The minimum atomic E-state index is -0.486. The van der Waals surface area contributed by atoms with Gasteiger partial charge >= 0.3 is 5.97 Å². The Kier molecular flexibility index (Phi) is 4.90. The number of aryl methyl sites for hydroxylation is 1. The molecule has 0 aromatic heterocycles. The summed E-state index contributed by atoms with van der Waals surface area (Å²) in [7, 11) is 3.12. The fourth-order valence-electron chi connectivity index (χ4n) is 2.47. The van der Waals surface area contributed by atoms with Crippen molar-refractivity contribution in [2.45, 2.75) is 6.92 Å². The lowest BCUT2D eigenvalue weighted by molar-refractivity contribution is -0.129. The van der Waals surface area contributed by atoms with Gasteiger partial charge in [-0.3, -0.25) is 0 Å². The van der Waals surface area contributed by atoms with Gasteiger partial charge in [-0.15, -0.1) is 0 Å². The van der Waals surface area contributed by atoms with Crippen molar-refractivity contribution in [1.82, 2.24) is 0 Å². The molecule has 25 heavy (non-hydrogen) atoms. The first-order valence-electron chi connectivity index (χ1n) is 7.53. The highest BCUT2D eigenvalue weighted by Crippen LogP contribution is 2.35. The number of aliphatic imine (C=N–C) groups is 1. The molecule has 0 atom stereocenters. The quantitative estimate of drug-likeness (QED) is 0.571. The second-order valence-corrected chi connectivity index (χ2v) is 6.23. The first kappa shape index (κ1) is 17.2. The van der Waals surface area contributed by atoms with E-state index < -0.39 is 5.97 Å². The van der Waals surface area contributed by atoms with Gasteiger partial charge in [0.15, 0.2) is 17.2 Å². The van der Waals surface area contributed by atoms with E-state index in [0.29, 0.717) is 17.4 Å². The van der Waals surface area contributed by atoms with Gasteiger partial charge in [0, 0.05) is 10.0 Å². The topological polar surface area (TPSA) is 57.1 Å². The van der Waals surface area contributed by atoms with Crippen molar-refractivity contribution >= 4 is 33.9 Å². The van der Waals surface area contributed by atoms with Crippen molar-refractivity contribution in [3.8, 4) is 11.5 Å². The van der Waals surface area contributed by atoms with Gasteiger partial charge < -0.3 is 14.2 Å². The Balaban J connectivity index is 2.02. The van der Waals surface area contributed by atoms with Crippen LogP contribution in [-0.4, -0.2) is 26.1 Å². The number of halogens is 1. The summed E-state index contributed by atoms with van der Waals surface area (Å²) in [6.45, 7) is 1.94. The minimum absolute atomic E-state index is 0.228. The van der Waals surface area contributed by atoms with Gasteiger partial charge in [-0.1, -0.05) is 34.1 Å². The molecule has 5 nitrogen and oxygen atoms in total. The van der Waals surface area contributed by atoms with E-state index in [1.54, 1.807) is 32.4 Å². The molecule has 0 saturated heterocycles. The molecule has 0 amide bonds. The maximum absolute atomic E-state index is 12.2. The molecule has 0 fully saturated rings. The summed E-state index contributed by atoms with van der Waals surface area (Å²) in [5.74, 6) is 0.979. The Morgan fingerprint density at radius 3 is 2.48 bits per heavy atom. The van der Waals surface area contributed by atoms with Crippen LogP contribution in [0.25, 0.3) is 6.08 Å². The summed E-state index contributed by atoms with van der Waals surface area (Å²) < 4.78 is 16.6. The predicted molar refractivity (Wildman–Crippen MR) is 99.0 cm³/mol. The number of ether oxygens (including phenoxy) is 3. The van der Waals surface area contributed by atoms with Gasteiger partial charge in [0.1, 0.15) is 0 Å². The van der Waals surface area contributed by atoms with Gasteiger partial charge in [-0.2, -0.15) is 0 Å². The fraction of sp³-hybridized carbons (Fsp3) is 0.158. The monoisotopic (exact) mass is 401 g/mol. The summed E-state index contributed by atoms with van der Waals surface area (Å²) in [5, 5.41) is 0. The average Bonchev–Trinajstić information content (AvgIpc) is 2.97. The molecular formula is C19H16BrNO4. The van der Waals surface area contributed by atoms with Crippen LogP contribution in [0.2, 0.25) is 0 Å². The fourth-order valence-corrected chi connectivity index (χ4v) is 2.90.